The summed E-state index contributed by atoms with van der Waals surface area (Å²) in [5.74, 6) is 1.02. The van der Waals surface area contributed by atoms with Gasteiger partial charge in [-0.2, -0.15) is 0 Å². The molecule has 0 fully saturated rings. The molecule has 1 N–H and O–H groups in total. The summed E-state index contributed by atoms with van der Waals surface area (Å²) in [5.41, 5.74) is 5.73. The number of methoxy groups -OCH3 is 1. The summed E-state index contributed by atoms with van der Waals surface area (Å²) >= 11 is 0. The van der Waals surface area contributed by atoms with Crippen molar-refractivity contribution in [2.45, 2.75) is 25.6 Å². The number of hydrogen-bond donors (Lipinski definition) is 1. The van der Waals surface area contributed by atoms with E-state index in [9.17, 15) is 0 Å². The Hall–Kier alpha value is -1.84. The molecule has 0 spiro atoms. The molecule has 0 aromatic heterocycles. The van der Waals surface area contributed by atoms with Gasteiger partial charge in [0.2, 0.25) is 0 Å². The van der Waals surface area contributed by atoms with Crippen molar-refractivity contribution in [3.05, 3.63) is 64.7 Å². The van der Waals surface area contributed by atoms with Crippen LogP contribution < -0.4 is 10.1 Å². The van der Waals surface area contributed by atoms with E-state index in [2.05, 4.69) is 52.7 Å². The van der Waals surface area contributed by atoms with Crippen LogP contribution in [-0.2, 0) is 19.5 Å². The van der Waals surface area contributed by atoms with E-state index < -0.39 is 0 Å². The molecule has 0 saturated heterocycles. The molecule has 0 radical (unpaired) electrons. The molecule has 114 valence electrons. The minimum absolute atomic E-state index is 0.356. The lowest BCUT2D eigenvalue weighted by atomic mass is 9.93. The van der Waals surface area contributed by atoms with E-state index >= 15 is 0 Å². The van der Waals surface area contributed by atoms with Gasteiger partial charge in [0.15, 0.2) is 0 Å². The fraction of sp³-hybridized carbons (Fsp3) is 0.368. The van der Waals surface area contributed by atoms with Crippen molar-refractivity contribution in [2.75, 3.05) is 20.2 Å². The van der Waals surface area contributed by atoms with Gasteiger partial charge in [0.25, 0.3) is 0 Å². The lowest BCUT2D eigenvalue weighted by Gasteiger charge is -2.31. The van der Waals surface area contributed by atoms with Crippen LogP contribution in [0.4, 0.5) is 0 Å². The minimum atomic E-state index is 0.356. The van der Waals surface area contributed by atoms with E-state index in [1.54, 1.807) is 7.11 Å². The maximum absolute atomic E-state index is 5.61. The normalized spacial score (nSPS) is 20.5. The first-order valence-electron chi connectivity index (χ1n) is 8.03. The van der Waals surface area contributed by atoms with Gasteiger partial charge in [-0.3, -0.25) is 4.90 Å². The lowest BCUT2D eigenvalue weighted by molar-refractivity contribution is 0.242. The molecule has 2 aromatic carbocycles. The van der Waals surface area contributed by atoms with Crippen LogP contribution in [0, 0.1) is 0 Å². The first-order chi connectivity index (χ1) is 10.8. The maximum Gasteiger partial charge on any atom is 0.123 e. The van der Waals surface area contributed by atoms with Gasteiger partial charge in [0, 0.05) is 31.2 Å². The Kier molecular flexibility index (Phi) is 3.60. The number of hydrogen-bond acceptors (Lipinski definition) is 3. The number of benzene rings is 2. The number of nitrogens with one attached hydrogen (secondary N) is 1. The lowest BCUT2D eigenvalue weighted by Crippen LogP contribution is -2.37. The Morgan fingerprint density at radius 2 is 1.77 bits per heavy atom. The second-order valence-corrected chi connectivity index (χ2v) is 6.23. The summed E-state index contributed by atoms with van der Waals surface area (Å²) < 4.78 is 5.61. The van der Waals surface area contributed by atoms with Gasteiger partial charge in [0.05, 0.1) is 7.11 Å². The summed E-state index contributed by atoms with van der Waals surface area (Å²) in [6.45, 7) is 4.19. The fourth-order valence-electron chi connectivity index (χ4n) is 3.81. The van der Waals surface area contributed by atoms with E-state index in [0.29, 0.717) is 6.04 Å². The zero-order valence-electron chi connectivity index (χ0n) is 13.0. The average Bonchev–Trinajstić information content (AvgIpc) is 2.96. The number of ether oxygens (including phenoxy) is 1. The van der Waals surface area contributed by atoms with Gasteiger partial charge in [-0.25, -0.2) is 0 Å². The highest BCUT2D eigenvalue weighted by molar-refractivity contribution is 5.44. The number of rotatable bonds is 3. The van der Waals surface area contributed by atoms with Crippen LogP contribution in [0.25, 0.3) is 0 Å². The van der Waals surface area contributed by atoms with Gasteiger partial charge in [-0.15, -0.1) is 0 Å². The second kappa shape index (κ2) is 5.75. The van der Waals surface area contributed by atoms with Gasteiger partial charge in [0.1, 0.15) is 5.75 Å². The molecule has 0 saturated carbocycles. The molecule has 0 unspecified atom stereocenters. The predicted octanol–water partition coefficient (Wildman–Crippen LogP) is 2.90. The molecule has 3 nitrogen and oxygen atoms in total. The van der Waals surface area contributed by atoms with Crippen molar-refractivity contribution >= 4 is 0 Å². The molecule has 0 bridgehead atoms. The second-order valence-electron chi connectivity index (χ2n) is 6.23. The van der Waals surface area contributed by atoms with Crippen molar-refractivity contribution in [3.8, 4) is 5.75 Å². The van der Waals surface area contributed by atoms with Crippen LogP contribution in [0.3, 0.4) is 0 Å². The SMILES string of the molecule is COc1cccc2c1[C@@H](CN1Cc3ccccc3C1)NCC2. The first kappa shape index (κ1) is 13.8. The van der Waals surface area contributed by atoms with Gasteiger partial charge in [-0.05, 0) is 35.7 Å². The standard InChI is InChI=1S/C19H22N2O/c1-22-18-8-4-7-14-9-10-20-17(19(14)18)13-21-11-15-5-2-3-6-16(15)12-21/h2-8,17,20H,9-13H2,1H3/t17-/m1/s1. The molecule has 2 aromatic rings. The molecular formula is C19H22N2O. The highest BCUT2D eigenvalue weighted by atomic mass is 16.5. The van der Waals surface area contributed by atoms with Crippen molar-refractivity contribution in [2.24, 2.45) is 0 Å². The first-order valence-corrected chi connectivity index (χ1v) is 8.03. The van der Waals surface area contributed by atoms with E-state index in [1.807, 2.05) is 0 Å². The van der Waals surface area contributed by atoms with E-state index in [0.717, 1.165) is 38.3 Å². The summed E-state index contributed by atoms with van der Waals surface area (Å²) in [6.07, 6.45) is 1.09. The number of fused-ring (bicyclic) bond motifs is 2. The molecule has 4 rings (SSSR count). The van der Waals surface area contributed by atoms with Gasteiger partial charge >= 0.3 is 0 Å². The molecule has 0 amide bonds. The predicted molar refractivity (Wildman–Crippen MR) is 88.0 cm³/mol. The molecule has 0 aliphatic carbocycles. The summed E-state index contributed by atoms with van der Waals surface area (Å²) in [6, 6.07) is 15.6. The fourth-order valence-corrected chi connectivity index (χ4v) is 3.81. The van der Waals surface area contributed by atoms with Crippen LogP contribution >= 0.6 is 0 Å². The Morgan fingerprint density at radius 3 is 2.50 bits per heavy atom. The monoisotopic (exact) mass is 294 g/mol. The van der Waals surface area contributed by atoms with E-state index in [4.69, 9.17) is 4.74 Å². The van der Waals surface area contributed by atoms with Crippen LogP contribution in [0.15, 0.2) is 42.5 Å². The van der Waals surface area contributed by atoms with Crippen LogP contribution in [0.2, 0.25) is 0 Å². The van der Waals surface area contributed by atoms with E-state index in [-0.39, 0.29) is 0 Å². The average molecular weight is 294 g/mol. The molecule has 3 heteroatoms. The summed E-state index contributed by atoms with van der Waals surface area (Å²) in [4.78, 5) is 2.53. The maximum atomic E-state index is 5.61. The van der Waals surface area contributed by atoms with Crippen LogP contribution in [0.5, 0.6) is 5.75 Å². The third-order valence-electron chi connectivity index (χ3n) is 4.86. The van der Waals surface area contributed by atoms with Crippen LogP contribution in [-0.4, -0.2) is 25.1 Å². The van der Waals surface area contributed by atoms with Crippen molar-refractivity contribution in [1.82, 2.24) is 10.2 Å². The summed E-state index contributed by atoms with van der Waals surface area (Å²) in [7, 11) is 1.77. The zero-order chi connectivity index (χ0) is 14.9. The highest BCUT2D eigenvalue weighted by Gasteiger charge is 2.27. The van der Waals surface area contributed by atoms with Crippen molar-refractivity contribution in [1.29, 1.82) is 0 Å². The van der Waals surface area contributed by atoms with Gasteiger partial charge < -0.3 is 10.1 Å². The quantitative estimate of drug-likeness (QED) is 0.942. The Labute approximate surface area is 131 Å². The molecule has 1 atom stereocenters. The summed E-state index contributed by atoms with van der Waals surface area (Å²) in [5, 5.41) is 3.68. The van der Waals surface area contributed by atoms with Crippen molar-refractivity contribution in [3.63, 3.8) is 0 Å². The van der Waals surface area contributed by atoms with E-state index in [1.165, 1.54) is 22.3 Å². The molecule has 2 aliphatic heterocycles. The largest absolute Gasteiger partial charge is 0.496 e. The van der Waals surface area contributed by atoms with Gasteiger partial charge in [-0.1, -0.05) is 36.4 Å². The molecule has 2 heterocycles. The Morgan fingerprint density at radius 1 is 1.05 bits per heavy atom. The Balaban J connectivity index is 1.57. The molecule has 2 aliphatic rings. The smallest absolute Gasteiger partial charge is 0.123 e. The molecular weight excluding hydrogens is 272 g/mol. The minimum Gasteiger partial charge on any atom is -0.496 e. The number of nitrogens with zero attached hydrogens (tertiary/aromatic N) is 1. The van der Waals surface area contributed by atoms with Crippen molar-refractivity contribution < 1.29 is 4.74 Å². The third kappa shape index (κ3) is 2.40. The third-order valence-corrected chi connectivity index (χ3v) is 4.86. The topological polar surface area (TPSA) is 24.5 Å². The van der Waals surface area contributed by atoms with Crippen LogP contribution in [0.1, 0.15) is 28.3 Å². The zero-order valence-corrected chi connectivity index (χ0v) is 13.0. The molecule has 22 heavy (non-hydrogen) atoms. The highest BCUT2D eigenvalue weighted by Crippen LogP contribution is 2.33. The Bertz CT molecular complexity index is 644.